The van der Waals surface area contributed by atoms with Crippen LogP contribution in [0.5, 0.6) is 0 Å². The van der Waals surface area contributed by atoms with E-state index in [-0.39, 0.29) is 5.91 Å². The second-order valence-electron chi connectivity index (χ2n) is 5.88. The van der Waals surface area contributed by atoms with E-state index in [1.807, 2.05) is 29.3 Å². The first kappa shape index (κ1) is 16.1. The van der Waals surface area contributed by atoms with Gasteiger partial charge in [-0.15, -0.1) is 10.2 Å². The van der Waals surface area contributed by atoms with E-state index in [9.17, 15) is 4.79 Å². The Morgan fingerprint density at radius 1 is 1.08 bits per heavy atom. The Kier molecular flexibility index (Phi) is 4.46. The molecule has 3 aromatic heterocycles. The number of anilines is 1. The maximum absolute atomic E-state index is 12.3. The van der Waals surface area contributed by atoms with Crippen LogP contribution in [0.15, 0.2) is 59.7 Å². The number of hydrogen-bond acceptors (Lipinski definition) is 6. The summed E-state index contributed by atoms with van der Waals surface area (Å²) in [6.07, 6.45) is 10.0. The first-order valence-corrected chi connectivity index (χ1v) is 8.37. The van der Waals surface area contributed by atoms with Crippen LogP contribution in [0.1, 0.15) is 5.76 Å². The van der Waals surface area contributed by atoms with Crippen LogP contribution in [-0.4, -0.2) is 56.7 Å². The average molecular weight is 350 g/mol. The summed E-state index contributed by atoms with van der Waals surface area (Å²) in [5, 5.41) is 8.53. The Balaban J connectivity index is 1.34. The van der Waals surface area contributed by atoms with E-state index >= 15 is 0 Å². The van der Waals surface area contributed by atoms with Crippen molar-refractivity contribution >= 4 is 17.8 Å². The summed E-state index contributed by atoms with van der Waals surface area (Å²) in [5.74, 6) is 2.20. The zero-order chi connectivity index (χ0) is 17.8. The molecule has 0 atom stereocenters. The van der Waals surface area contributed by atoms with Crippen LogP contribution in [0, 0.1) is 0 Å². The van der Waals surface area contributed by atoms with Gasteiger partial charge in [0.1, 0.15) is 12.1 Å². The number of furan rings is 1. The van der Waals surface area contributed by atoms with Gasteiger partial charge in [0.05, 0.1) is 6.26 Å². The van der Waals surface area contributed by atoms with Crippen LogP contribution in [-0.2, 0) is 4.79 Å². The van der Waals surface area contributed by atoms with E-state index in [4.69, 9.17) is 4.42 Å². The number of aromatic nitrogens is 4. The summed E-state index contributed by atoms with van der Waals surface area (Å²) in [4.78, 5) is 20.2. The molecule has 1 aliphatic rings. The number of rotatable bonds is 4. The van der Waals surface area contributed by atoms with Crippen molar-refractivity contribution in [2.45, 2.75) is 0 Å². The molecule has 4 rings (SSSR count). The van der Waals surface area contributed by atoms with Gasteiger partial charge in [-0.1, -0.05) is 0 Å². The summed E-state index contributed by atoms with van der Waals surface area (Å²) < 4.78 is 7.00. The predicted molar refractivity (Wildman–Crippen MR) is 95.7 cm³/mol. The van der Waals surface area contributed by atoms with Gasteiger partial charge in [-0.05, 0) is 30.3 Å². The molecule has 4 heterocycles. The van der Waals surface area contributed by atoms with Gasteiger partial charge >= 0.3 is 0 Å². The maximum Gasteiger partial charge on any atom is 0.246 e. The van der Waals surface area contributed by atoms with E-state index in [1.54, 1.807) is 41.6 Å². The monoisotopic (exact) mass is 350 g/mol. The van der Waals surface area contributed by atoms with Crippen molar-refractivity contribution in [1.82, 2.24) is 24.6 Å². The molecular formula is C18H18N6O2. The molecule has 0 aromatic carbocycles. The lowest BCUT2D eigenvalue weighted by Crippen LogP contribution is -2.48. The zero-order valence-corrected chi connectivity index (χ0v) is 14.1. The van der Waals surface area contributed by atoms with Crippen LogP contribution < -0.4 is 4.90 Å². The van der Waals surface area contributed by atoms with Crippen molar-refractivity contribution in [3.63, 3.8) is 0 Å². The molecule has 0 saturated carbocycles. The molecule has 0 bridgehead atoms. The van der Waals surface area contributed by atoms with Crippen LogP contribution in [0.2, 0.25) is 0 Å². The Morgan fingerprint density at radius 2 is 1.88 bits per heavy atom. The van der Waals surface area contributed by atoms with Gasteiger partial charge in [0, 0.05) is 44.6 Å². The molecule has 0 spiro atoms. The molecule has 8 heteroatoms. The third kappa shape index (κ3) is 3.49. The third-order valence-electron chi connectivity index (χ3n) is 4.25. The zero-order valence-electron chi connectivity index (χ0n) is 14.1. The molecule has 3 aromatic rings. The number of nitrogens with zero attached hydrogens (tertiary/aromatic N) is 6. The predicted octanol–water partition coefficient (Wildman–Crippen LogP) is 1.62. The molecule has 0 aliphatic carbocycles. The van der Waals surface area contributed by atoms with E-state index < -0.39 is 0 Å². The van der Waals surface area contributed by atoms with E-state index in [0.29, 0.717) is 18.8 Å². The summed E-state index contributed by atoms with van der Waals surface area (Å²) in [5.41, 5.74) is 0. The largest absolute Gasteiger partial charge is 0.465 e. The molecule has 1 aliphatic heterocycles. The molecule has 1 saturated heterocycles. The van der Waals surface area contributed by atoms with E-state index in [1.165, 1.54) is 0 Å². The van der Waals surface area contributed by atoms with Gasteiger partial charge in [0.15, 0.2) is 11.6 Å². The highest BCUT2D eigenvalue weighted by molar-refractivity contribution is 5.91. The first-order valence-electron chi connectivity index (χ1n) is 8.37. The molecule has 8 nitrogen and oxygen atoms in total. The SMILES string of the molecule is O=C(C=Cc1ccco1)N1CCN(c2ccc(-n3ccnc3)nn2)CC1. The molecule has 0 radical (unpaired) electrons. The van der Waals surface area contributed by atoms with Crippen molar-refractivity contribution in [2.75, 3.05) is 31.1 Å². The fourth-order valence-electron chi connectivity index (χ4n) is 2.82. The number of piperazine rings is 1. The lowest BCUT2D eigenvalue weighted by atomic mass is 10.3. The van der Waals surface area contributed by atoms with Crippen molar-refractivity contribution in [2.24, 2.45) is 0 Å². The quantitative estimate of drug-likeness (QED) is 0.665. The van der Waals surface area contributed by atoms with Crippen LogP contribution in [0.3, 0.4) is 0 Å². The number of carbonyl (C=O) groups is 1. The maximum atomic E-state index is 12.3. The Labute approximate surface area is 150 Å². The molecule has 132 valence electrons. The highest BCUT2D eigenvalue weighted by atomic mass is 16.3. The Morgan fingerprint density at radius 3 is 2.54 bits per heavy atom. The number of imidazole rings is 1. The topological polar surface area (TPSA) is 80.3 Å². The first-order chi connectivity index (χ1) is 12.8. The molecule has 0 unspecified atom stereocenters. The minimum absolute atomic E-state index is 0.0115. The minimum atomic E-state index is -0.0115. The number of hydrogen-bond donors (Lipinski definition) is 0. The van der Waals surface area contributed by atoms with Gasteiger partial charge in [-0.3, -0.25) is 9.36 Å². The molecule has 26 heavy (non-hydrogen) atoms. The van der Waals surface area contributed by atoms with E-state index in [0.717, 1.165) is 24.7 Å². The fourth-order valence-corrected chi connectivity index (χ4v) is 2.82. The third-order valence-corrected chi connectivity index (χ3v) is 4.25. The van der Waals surface area contributed by atoms with Crippen LogP contribution in [0.4, 0.5) is 5.82 Å². The van der Waals surface area contributed by atoms with Gasteiger partial charge in [-0.25, -0.2) is 4.98 Å². The Bertz CT molecular complexity index is 863. The lowest BCUT2D eigenvalue weighted by molar-refractivity contribution is -0.126. The summed E-state index contributed by atoms with van der Waals surface area (Å²) in [6, 6.07) is 7.46. The Hall–Kier alpha value is -3.42. The standard InChI is InChI=1S/C18H18N6O2/c25-18(6-3-15-2-1-13-26-15)23-11-9-22(10-12-23)16-4-5-17(21-20-16)24-8-7-19-14-24/h1-8,13-14H,9-12H2. The van der Waals surface area contributed by atoms with Crippen molar-refractivity contribution in [1.29, 1.82) is 0 Å². The molecule has 0 N–H and O–H groups in total. The lowest BCUT2D eigenvalue weighted by Gasteiger charge is -2.34. The molecule has 1 fully saturated rings. The van der Waals surface area contributed by atoms with Crippen LogP contribution >= 0.6 is 0 Å². The van der Waals surface area contributed by atoms with E-state index in [2.05, 4.69) is 20.1 Å². The van der Waals surface area contributed by atoms with Crippen molar-refractivity contribution < 1.29 is 9.21 Å². The number of carbonyl (C=O) groups excluding carboxylic acids is 1. The van der Waals surface area contributed by atoms with Crippen molar-refractivity contribution in [3.05, 3.63) is 61.1 Å². The van der Waals surface area contributed by atoms with Gasteiger partial charge < -0.3 is 14.2 Å². The fraction of sp³-hybridized carbons (Fsp3) is 0.222. The summed E-state index contributed by atoms with van der Waals surface area (Å²) in [7, 11) is 0. The minimum Gasteiger partial charge on any atom is -0.465 e. The van der Waals surface area contributed by atoms with Gasteiger partial charge in [-0.2, -0.15) is 0 Å². The second-order valence-corrected chi connectivity index (χ2v) is 5.88. The smallest absolute Gasteiger partial charge is 0.246 e. The number of amides is 1. The highest BCUT2D eigenvalue weighted by Gasteiger charge is 2.20. The second kappa shape index (κ2) is 7.22. The highest BCUT2D eigenvalue weighted by Crippen LogP contribution is 2.14. The van der Waals surface area contributed by atoms with Crippen LogP contribution in [0.25, 0.3) is 11.9 Å². The van der Waals surface area contributed by atoms with Crippen molar-refractivity contribution in [3.8, 4) is 5.82 Å². The molecular weight excluding hydrogens is 332 g/mol. The summed E-state index contributed by atoms with van der Waals surface area (Å²) >= 11 is 0. The average Bonchev–Trinajstić information content (AvgIpc) is 3.40. The normalized spacial score (nSPS) is 14.9. The molecule has 1 amide bonds. The van der Waals surface area contributed by atoms with Gasteiger partial charge in [0.2, 0.25) is 5.91 Å². The summed E-state index contributed by atoms with van der Waals surface area (Å²) in [6.45, 7) is 2.73. The van der Waals surface area contributed by atoms with Gasteiger partial charge in [0.25, 0.3) is 0 Å².